The first-order chi connectivity index (χ1) is 18.3. The Bertz CT molecular complexity index is 1160. The third kappa shape index (κ3) is 5.55. The van der Waals surface area contributed by atoms with E-state index in [2.05, 4.69) is 0 Å². The average Bonchev–Trinajstić information content (AvgIpc) is 2.73. The molecule has 0 heterocycles. The highest BCUT2D eigenvalue weighted by atomic mass is 32.2. The van der Waals surface area contributed by atoms with E-state index in [1.54, 1.807) is 0 Å². The van der Waals surface area contributed by atoms with Gasteiger partial charge in [0.15, 0.2) is 5.25 Å². The van der Waals surface area contributed by atoms with Crippen LogP contribution in [0.25, 0.3) is 0 Å². The second-order valence-electron chi connectivity index (χ2n) is 8.13. The van der Waals surface area contributed by atoms with E-state index in [1.807, 2.05) is 0 Å². The molecule has 44 heavy (non-hydrogen) atoms. The van der Waals surface area contributed by atoms with Gasteiger partial charge in [-0.05, 0) is 0 Å². The average molecular weight is 746 g/mol. The minimum absolute atomic E-state index is 5.28. The predicted octanol–water partition coefficient (Wildman–Crippen LogP) is 8.11. The van der Waals surface area contributed by atoms with Gasteiger partial charge < -0.3 is 0 Å². The van der Waals surface area contributed by atoms with Crippen LogP contribution < -0.4 is 0 Å². The number of alkyl halides is 26. The molecular weight excluding hydrogens is 742 g/mol. The number of hydrogen-bond acceptors (Lipinski definition) is 2. The van der Waals surface area contributed by atoms with Gasteiger partial charge in [-0.15, -0.1) is 0 Å². The minimum atomic E-state index is -9.12. The summed E-state index contributed by atoms with van der Waals surface area (Å²) in [6, 6.07) is 0. The lowest BCUT2D eigenvalue weighted by Crippen LogP contribution is -2.73. The van der Waals surface area contributed by atoms with Crippen LogP contribution in [0.4, 0.5) is 114 Å². The summed E-state index contributed by atoms with van der Waals surface area (Å²) in [5.41, 5.74) is 0. The van der Waals surface area contributed by atoms with E-state index in [0.717, 1.165) is 0 Å². The summed E-state index contributed by atoms with van der Waals surface area (Å²) in [6.45, 7) is 0. The SMILES string of the molecule is O=S(=O)(O)C(CC(F)(F)C(F)(F)C(F)(F)C(F)(F)C(F)(F)C(F)(F)F)C(F)(F)C(F)(F)C(F)(F)C(F)(F)C(F)(F)C(F)(F)F. The van der Waals surface area contributed by atoms with Crippen molar-refractivity contribution in [2.45, 2.75) is 83.2 Å². The second-order valence-corrected chi connectivity index (χ2v) is 9.72. The van der Waals surface area contributed by atoms with Gasteiger partial charge in [0.05, 0.1) is 0 Å². The van der Waals surface area contributed by atoms with E-state index in [9.17, 15) is 123 Å². The minimum Gasteiger partial charge on any atom is -0.285 e. The summed E-state index contributed by atoms with van der Waals surface area (Å²) < 4.78 is 371. The molecule has 0 rings (SSSR count). The van der Waals surface area contributed by atoms with Crippen molar-refractivity contribution in [2.24, 2.45) is 0 Å². The van der Waals surface area contributed by atoms with E-state index in [-0.39, 0.29) is 0 Å². The summed E-state index contributed by atoms with van der Waals surface area (Å²) in [4.78, 5) is 0. The fourth-order valence-electron chi connectivity index (χ4n) is 2.57. The van der Waals surface area contributed by atoms with Crippen LogP contribution in [0.1, 0.15) is 6.42 Å². The summed E-state index contributed by atoms with van der Waals surface area (Å²) in [5.74, 6) is -87.8. The van der Waals surface area contributed by atoms with Crippen LogP contribution in [0, 0.1) is 0 Å². The van der Waals surface area contributed by atoms with E-state index >= 15 is 0 Å². The number of halogens is 26. The van der Waals surface area contributed by atoms with Crippen molar-refractivity contribution in [3.05, 3.63) is 0 Å². The standard InChI is InChI=1S/C14H4F26O3S/c15-3(16,5(19,20)7(23,24)9(27,28)11(31,32)13(35,36)37)1-2(44(41,42)43)4(17,18)6(21,22)8(25,26)10(29,30)12(33,34)14(38,39)40/h2H,1H2,(H,41,42,43). The molecule has 3 nitrogen and oxygen atoms in total. The Morgan fingerprint density at radius 2 is 0.614 bits per heavy atom. The first-order valence-corrected chi connectivity index (χ1v) is 10.7. The van der Waals surface area contributed by atoms with Gasteiger partial charge in [0, 0.05) is 6.42 Å². The fourth-order valence-corrected chi connectivity index (χ4v) is 3.51. The van der Waals surface area contributed by atoms with E-state index in [4.69, 9.17) is 4.55 Å². The van der Waals surface area contributed by atoms with Crippen molar-refractivity contribution in [1.29, 1.82) is 0 Å². The topological polar surface area (TPSA) is 54.4 Å². The summed E-state index contributed by atoms with van der Waals surface area (Å²) in [6.07, 6.45) is -21.5. The van der Waals surface area contributed by atoms with Gasteiger partial charge in [0.1, 0.15) is 0 Å². The van der Waals surface area contributed by atoms with E-state index in [0.29, 0.717) is 0 Å². The highest BCUT2D eigenvalue weighted by Crippen LogP contribution is 2.64. The quantitative estimate of drug-likeness (QED) is 0.162. The van der Waals surface area contributed by atoms with E-state index in [1.165, 1.54) is 0 Å². The molecule has 1 atom stereocenters. The van der Waals surface area contributed by atoms with Crippen LogP contribution in [0.15, 0.2) is 0 Å². The molecule has 0 saturated carbocycles. The predicted molar refractivity (Wildman–Crippen MR) is 81.5 cm³/mol. The molecule has 0 saturated heterocycles. The fraction of sp³-hybridized carbons (Fsp3) is 1.00. The van der Waals surface area contributed by atoms with Crippen LogP contribution in [-0.4, -0.2) is 89.8 Å². The van der Waals surface area contributed by atoms with Crippen molar-refractivity contribution in [1.82, 2.24) is 0 Å². The lowest BCUT2D eigenvalue weighted by molar-refractivity contribution is -0.444. The van der Waals surface area contributed by atoms with E-state index < -0.39 is 93.4 Å². The Balaban J connectivity index is 7.39. The highest BCUT2D eigenvalue weighted by molar-refractivity contribution is 7.86. The Morgan fingerprint density at radius 1 is 0.386 bits per heavy atom. The van der Waals surface area contributed by atoms with Crippen molar-refractivity contribution in [3.63, 3.8) is 0 Å². The highest BCUT2D eigenvalue weighted by Gasteiger charge is 2.94. The third-order valence-corrected chi connectivity index (χ3v) is 6.34. The third-order valence-electron chi connectivity index (χ3n) is 5.16. The molecule has 30 heteroatoms. The molecule has 0 spiro atoms. The van der Waals surface area contributed by atoms with Crippen molar-refractivity contribution < 1.29 is 127 Å². The molecule has 0 aromatic heterocycles. The zero-order chi connectivity index (χ0) is 36.8. The van der Waals surface area contributed by atoms with Gasteiger partial charge in [-0.2, -0.15) is 123 Å². The summed E-state index contributed by atoms with van der Waals surface area (Å²) in [5, 5.41) is -6.58. The molecular formula is C14H4F26O3S. The molecule has 0 aliphatic heterocycles. The lowest BCUT2D eigenvalue weighted by atomic mass is 9.88. The molecule has 0 aliphatic carbocycles. The van der Waals surface area contributed by atoms with Gasteiger partial charge in [-0.25, -0.2) is 0 Å². The zero-order valence-corrected chi connectivity index (χ0v) is 19.6. The maximum Gasteiger partial charge on any atom is 0.460 e. The first kappa shape index (κ1) is 42.1. The zero-order valence-electron chi connectivity index (χ0n) is 18.8. The molecule has 1 unspecified atom stereocenters. The number of hydrogen-bond donors (Lipinski definition) is 1. The van der Waals surface area contributed by atoms with Gasteiger partial charge in [-0.3, -0.25) is 4.55 Å². The summed E-state index contributed by atoms with van der Waals surface area (Å²) in [7, 11) is -8.19. The Hall–Kier alpha value is -1.91. The van der Waals surface area contributed by atoms with Crippen LogP contribution in [0.2, 0.25) is 0 Å². The van der Waals surface area contributed by atoms with Gasteiger partial charge in [0.25, 0.3) is 10.1 Å². The molecule has 0 fully saturated rings. The Morgan fingerprint density at radius 3 is 0.841 bits per heavy atom. The first-order valence-electron chi connectivity index (χ1n) is 9.22. The van der Waals surface area contributed by atoms with Gasteiger partial charge in [-0.1, -0.05) is 0 Å². The van der Waals surface area contributed by atoms with Crippen molar-refractivity contribution >= 4 is 10.1 Å². The maximum atomic E-state index is 14.1. The monoisotopic (exact) mass is 746 g/mol. The Kier molecular flexibility index (Phi) is 9.85. The molecule has 0 amide bonds. The van der Waals surface area contributed by atoms with Gasteiger partial charge >= 0.3 is 71.6 Å². The second kappa shape index (κ2) is 10.3. The molecule has 266 valence electrons. The lowest BCUT2D eigenvalue weighted by Gasteiger charge is -2.43. The maximum absolute atomic E-state index is 14.1. The number of rotatable bonds is 12. The van der Waals surface area contributed by atoms with Crippen LogP contribution in [-0.2, 0) is 10.1 Å². The molecule has 0 radical (unpaired) electrons. The molecule has 0 bridgehead atoms. The van der Waals surface area contributed by atoms with Crippen molar-refractivity contribution in [2.75, 3.05) is 0 Å². The van der Waals surface area contributed by atoms with Crippen LogP contribution >= 0.6 is 0 Å². The molecule has 0 aromatic carbocycles. The molecule has 1 N–H and O–H groups in total. The van der Waals surface area contributed by atoms with Crippen LogP contribution in [0.3, 0.4) is 0 Å². The largest absolute Gasteiger partial charge is 0.460 e. The van der Waals surface area contributed by atoms with Crippen molar-refractivity contribution in [3.8, 4) is 0 Å². The Labute approximate surface area is 221 Å². The van der Waals surface area contributed by atoms with Gasteiger partial charge in [0.2, 0.25) is 0 Å². The van der Waals surface area contributed by atoms with Crippen LogP contribution in [0.5, 0.6) is 0 Å². The smallest absolute Gasteiger partial charge is 0.285 e. The summed E-state index contributed by atoms with van der Waals surface area (Å²) >= 11 is 0. The normalized spacial score (nSPS) is 17.6. The molecule has 0 aromatic rings. The molecule has 0 aliphatic rings.